The van der Waals surface area contributed by atoms with Gasteiger partial charge in [0.25, 0.3) is 5.56 Å². The van der Waals surface area contributed by atoms with Gasteiger partial charge in [0.05, 0.1) is 17.9 Å². The average Bonchev–Trinajstić information content (AvgIpc) is 2.71. The number of rotatable bonds is 4. The van der Waals surface area contributed by atoms with Crippen molar-refractivity contribution in [3.8, 4) is 0 Å². The number of pyridine rings is 1. The maximum absolute atomic E-state index is 13.0. The second-order valence-corrected chi connectivity index (χ2v) is 7.55. The van der Waals surface area contributed by atoms with E-state index in [4.69, 9.17) is 9.90 Å². The van der Waals surface area contributed by atoms with Crippen molar-refractivity contribution in [3.05, 3.63) is 39.9 Å². The lowest BCUT2D eigenvalue weighted by Gasteiger charge is -2.30. The smallest absolute Gasteiger partial charge is 0.475 e. The zero-order chi connectivity index (χ0) is 25.8. The van der Waals surface area contributed by atoms with Crippen LogP contribution in [0.25, 0.3) is 5.65 Å². The highest BCUT2D eigenvalue weighted by molar-refractivity contribution is 5.73. The third kappa shape index (κ3) is 7.04. The number of aryl methyl sites for hydroxylation is 1. The highest BCUT2D eigenvalue weighted by Gasteiger charge is 2.38. The van der Waals surface area contributed by atoms with Gasteiger partial charge in [0.1, 0.15) is 17.6 Å². The molecule has 0 aromatic carbocycles. The fraction of sp³-hybridized carbons (Fsp3) is 0.526. The average molecular weight is 500 g/mol. The summed E-state index contributed by atoms with van der Waals surface area (Å²) in [4.78, 5) is 25.5. The molecule has 0 unspecified atom stereocenters. The predicted octanol–water partition coefficient (Wildman–Crippen LogP) is 1.89. The van der Waals surface area contributed by atoms with Gasteiger partial charge in [-0.25, -0.2) is 9.78 Å². The fourth-order valence-corrected chi connectivity index (χ4v) is 3.26. The lowest BCUT2D eigenvalue weighted by molar-refractivity contribution is -0.192. The van der Waals surface area contributed by atoms with Crippen molar-refractivity contribution >= 4 is 17.3 Å². The Bertz CT molecular complexity index is 1070. The molecule has 9 nitrogen and oxygen atoms in total. The Kier molecular flexibility index (Phi) is 8.50. The van der Waals surface area contributed by atoms with Gasteiger partial charge >= 0.3 is 18.3 Å². The molecule has 3 heterocycles. The summed E-state index contributed by atoms with van der Waals surface area (Å²) in [5, 5.41) is 32.9. The number of nitrogens with zero attached hydrogens (tertiary/aromatic N) is 2. The van der Waals surface area contributed by atoms with E-state index in [9.17, 15) is 41.4 Å². The van der Waals surface area contributed by atoms with Crippen LogP contribution < -0.4 is 16.2 Å². The third-order valence-electron chi connectivity index (χ3n) is 4.90. The highest BCUT2D eigenvalue weighted by Crippen LogP contribution is 2.30. The van der Waals surface area contributed by atoms with Gasteiger partial charge < -0.3 is 26.0 Å². The van der Waals surface area contributed by atoms with Crippen molar-refractivity contribution in [2.45, 2.75) is 56.9 Å². The SMILES string of the molecule is Cc1cc(C(F)(F)F)cn2c(=O)c(N[C@@H](O)C[C@H]3NCCC[C@@H]3O)cnc12.O=C(O)C(F)(F)F. The topological polar surface area (TPSA) is 136 Å². The Balaban J connectivity index is 0.000000509. The van der Waals surface area contributed by atoms with Gasteiger partial charge in [0, 0.05) is 18.7 Å². The van der Waals surface area contributed by atoms with Gasteiger partial charge in [0.15, 0.2) is 0 Å². The summed E-state index contributed by atoms with van der Waals surface area (Å²) < 4.78 is 71.6. The monoisotopic (exact) mass is 500 g/mol. The van der Waals surface area contributed by atoms with Crippen LogP contribution >= 0.6 is 0 Å². The molecule has 0 amide bonds. The Morgan fingerprint density at radius 1 is 1.32 bits per heavy atom. The second-order valence-electron chi connectivity index (χ2n) is 7.55. The largest absolute Gasteiger partial charge is 0.490 e. The lowest BCUT2D eigenvalue weighted by Crippen LogP contribution is -2.47. The van der Waals surface area contributed by atoms with Crippen molar-refractivity contribution in [2.75, 3.05) is 11.9 Å². The van der Waals surface area contributed by atoms with E-state index >= 15 is 0 Å². The first-order valence-electron chi connectivity index (χ1n) is 9.86. The van der Waals surface area contributed by atoms with Gasteiger partial charge in [-0.2, -0.15) is 26.3 Å². The van der Waals surface area contributed by atoms with Crippen molar-refractivity contribution in [1.29, 1.82) is 0 Å². The normalized spacial score (nSPS) is 19.8. The molecule has 0 aliphatic carbocycles. The quantitative estimate of drug-likeness (QED) is 0.317. The first-order chi connectivity index (χ1) is 15.6. The zero-order valence-corrected chi connectivity index (χ0v) is 17.6. The molecular weight excluding hydrogens is 478 g/mol. The number of hydrogen-bond donors (Lipinski definition) is 5. The van der Waals surface area contributed by atoms with Crippen LogP contribution in [-0.2, 0) is 11.0 Å². The summed E-state index contributed by atoms with van der Waals surface area (Å²) in [6.45, 7) is 2.16. The minimum absolute atomic E-state index is 0.109. The summed E-state index contributed by atoms with van der Waals surface area (Å²) in [6, 6.07) is 0.594. The maximum Gasteiger partial charge on any atom is 0.490 e. The summed E-state index contributed by atoms with van der Waals surface area (Å²) in [6.07, 6.45) is -8.00. The van der Waals surface area contributed by atoms with E-state index < -0.39 is 41.8 Å². The standard InChI is InChI=1S/C17H21F3N4O3.C2HF3O2/c1-9-5-10(17(18,19)20)8-24-15(9)22-7-12(16(24)27)23-14(26)6-11-13(25)3-2-4-21-11;3-2(4,5)1(6)7/h5,7-8,11,13-14,21,23,25-26H,2-4,6H2,1H3;(H,6,7)/t11-,13+,14+;/m1./s1. The van der Waals surface area contributed by atoms with Gasteiger partial charge in [-0.15, -0.1) is 0 Å². The Labute approximate surface area is 188 Å². The number of nitrogens with one attached hydrogen (secondary N) is 2. The molecule has 5 N–H and O–H groups in total. The van der Waals surface area contributed by atoms with Gasteiger partial charge in [-0.3, -0.25) is 9.20 Å². The minimum atomic E-state index is -5.08. The van der Waals surface area contributed by atoms with Crippen LogP contribution in [0.4, 0.5) is 32.0 Å². The molecule has 190 valence electrons. The maximum atomic E-state index is 13.0. The summed E-state index contributed by atoms with van der Waals surface area (Å²) >= 11 is 0. The number of aromatic nitrogens is 2. The molecule has 3 atom stereocenters. The predicted molar refractivity (Wildman–Crippen MR) is 106 cm³/mol. The van der Waals surface area contributed by atoms with Gasteiger partial charge in [-0.05, 0) is 37.9 Å². The molecule has 1 aliphatic heterocycles. The van der Waals surface area contributed by atoms with E-state index in [1.807, 2.05) is 0 Å². The lowest BCUT2D eigenvalue weighted by atomic mass is 9.98. The molecule has 0 radical (unpaired) electrons. The first-order valence-corrected chi connectivity index (χ1v) is 9.86. The molecule has 1 fully saturated rings. The Hall–Kier alpha value is -2.91. The number of aliphatic hydroxyl groups is 2. The minimum Gasteiger partial charge on any atom is -0.475 e. The summed E-state index contributed by atoms with van der Waals surface area (Å²) in [5.74, 6) is -2.76. The number of aliphatic carboxylic acids is 1. The number of fused-ring (bicyclic) bond motifs is 1. The molecule has 2 aromatic rings. The molecule has 0 bridgehead atoms. The van der Waals surface area contributed by atoms with E-state index in [0.717, 1.165) is 16.9 Å². The van der Waals surface area contributed by atoms with Gasteiger partial charge in [0.2, 0.25) is 0 Å². The van der Waals surface area contributed by atoms with E-state index in [2.05, 4.69) is 15.6 Å². The summed E-state index contributed by atoms with van der Waals surface area (Å²) in [5.41, 5.74) is -1.50. The van der Waals surface area contributed by atoms with Crippen molar-refractivity contribution in [3.63, 3.8) is 0 Å². The number of piperidine rings is 1. The number of carboxylic acid groups (broad SMARTS) is 1. The van der Waals surface area contributed by atoms with Crippen molar-refractivity contribution in [2.24, 2.45) is 0 Å². The molecule has 15 heteroatoms. The first kappa shape index (κ1) is 27.3. The molecule has 1 aliphatic rings. The van der Waals surface area contributed by atoms with Crippen LogP contribution in [0.15, 0.2) is 23.3 Å². The third-order valence-corrected chi connectivity index (χ3v) is 4.90. The van der Waals surface area contributed by atoms with Crippen LogP contribution in [0.3, 0.4) is 0 Å². The molecular formula is C19H22F6N4O5. The van der Waals surface area contributed by atoms with Crippen LogP contribution in [0, 0.1) is 6.92 Å². The van der Waals surface area contributed by atoms with Crippen LogP contribution in [0.1, 0.15) is 30.4 Å². The summed E-state index contributed by atoms with van der Waals surface area (Å²) in [7, 11) is 0. The molecule has 1 saturated heterocycles. The van der Waals surface area contributed by atoms with Gasteiger partial charge in [-0.1, -0.05) is 0 Å². The molecule has 3 rings (SSSR count). The number of anilines is 1. The number of carboxylic acids is 1. The number of hydrogen-bond acceptors (Lipinski definition) is 7. The van der Waals surface area contributed by atoms with E-state index in [-0.39, 0.29) is 29.4 Å². The van der Waals surface area contributed by atoms with E-state index in [1.54, 1.807) is 0 Å². The second kappa shape index (κ2) is 10.6. The zero-order valence-electron chi connectivity index (χ0n) is 17.6. The number of carbonyl (C=O) groups is 1. The molecule has 2 aromatic heterocycles. The van der Waals surface area contributed by atoms with E-state index in [0.29, 0.717) is 19.2 Å². The van der Waals surface area contributed by atoms with Crippen LogP contribution in [0.5, 0.6) is 0 Å². The highest BCUT2D eigenvalue weighted by atomic mass is 19.4. The number of alkyl halides is 6. The molecule has 34 heavy (non-hydrogen) atoms. The van der Waals surface area contributed by atoms with Crippen molar-refractivity contribution in [1.82, 2.24) is 14.7 Å². The van der Waals surface area contributed by atoms with Crippen molar-refractivity contribution < 1.29 is 46.5 Å². The molecule has 0 saturated carbocycles. The van der Waals surface area contributed by atoms with E-state index in [1.165, 1.54) is 13.1 Å². The van der Waals surface area contributed by atoms with Crippen LogP contribution in [0.2, 0.25) is 0 Å². The number of aliphatic hydroxyl groups excluding tert-OH is 2. The number of halogens is 6. The Morgan fingerprint density at radius 2 is 1.94 bits per heavy atom. The van der Waals surface area contributed by atoms with Crippen LogP contribution in [-0.4, -0.2) is 61.8 Å². The Morgan fingerprint density at radius 3 is 2.47 bits per heavy atom. The molecule has 0 spiro atoms. The fourth-order valence-electron chi connectivity index (χ4n) is 3.26.